The largest absolute Gasteiger partial charge is 0.482 e. The molecule has 1 saturated heterocycles. The van der Waals surface area contributed by atoms with Crippen molar-refractivity contribution in [3.63, 3.8) is 0 Å². The summed E-state index contributed by atoms with van der Waals surface area (Å²) in [5.41, 5.74) is 2.77. The topological polar surface area (TPSA) is 143 Å². The highest BCUT2D eigenvalue weighted by Crippen LogP contribution is 2.28. The highest BCUT2D eigenvalue weighted by atomic mass is 16.5. The van der Waals surface area contributed by atoms with E-state index in [0.717, 1.165) is 37.6 Å². The molecular formula is C30H27N9O4. The van der Waals surface area contributed by atoms with E-state index in [0.29, 0.717) is 34.1 Å². The quantitative estimate of drug-likeness (QED) is 0.289. The predicted molar refractivity (Wildman–Crippen MR) is 162 cm³/mol. The van der Waals surface area contributed by atoms with Crippen LogP contribution in [0.1, 0.15) is 0 Å². The van der Waals surface area contributed by atoms with Gasteiger partial charge in [0.15, 0.2) is 23.7 Å². The summed E-state index contributed by atoms with van der Waals surface area (Å²) in [4.78, 5) is 47.8. The summed E-state index contributed by atoms with van der Waals surface area (Å²) in [5.74, 6) is 0.0233. The van der Waals surface area contributed by atoms with Crippen molar-refractivity contribution in [2.45, 2.75) is 0 Å². The number of anilines is 3. The van der Waals surface area contributed by atoms with Gasteiger partial charge in [0.1, 0.15) is 11.1 Å². The second-order valence-corrected chi connectivity index (χ2v) is 10.3. The highest BCUT2D eigenvalue weighted by molar-refractivity contribution is 5.96. The minimum Gasteiger partial charge on any atom is -0.482 e. The number of pyridine rings is 1. The third-order valence-electron chi connectivity index (χ3n) is 7.46. The number of nitrogens with one attached hydrogen (secondary N) is 1. The van der Waals surface area contributed by atoms with E-state index in [1.807, 2.05) is 18.2 Å². The van der Waals surface area contributed by atoms with Crippen molar-refractivity contribution in [2.75, 3.05) is 50.1 Å². The van der Waals surface area contributed by atoms with Crippen molar-refractivity contribution in [1.82, 2.24) is 34.0 Å². The molecular weight excluding hydrogens is 550 g/mol. The van der Waals surface area contributed by atoms with Crippen molar-refractivity contribution in [3.05, 3.63) is 83.4 Å². The van der Waals surface area contributed by atoms with Crippen molar-refractivity contribution < 1.29 is 14.6 Å². The SMILES string of the molecule is CN1CCN(c2ccc(Nc3ncc4c(=O)n5c(nc4n3)c3ccc(OCC(=O)O)cc3n5-c3ccccn3)cc2)CC1. The van der Waals surface area contributed by atoms with Crippen LogP contribution in [0.5, 0.6) is 5.75 Å². The number of carboxylic acid groups (broad SMARTS) is 1. The monoisotopic (exact) mass is 577 g/mol. The van der Waals surface area contributed by atoms with E-state index >= 15 is 0 Å². The van der Waals surface area contributed by atoms with E-state index in [4.69, 9.17) is 14.8 Å². The van der Waals surface area contributed by atoms with Crippen LogP contribution in [-0.4, -0.2) is 84.9 Å². The van der Waals surface area contributed by atoms with Crippen LogP contribution in [0, 0.1) is 0 Å². The average molecular weight is 578 g/mol. The summed E-state index contributed by atoms with van der Waals surface area (Å²) in [6.45, 7) is 3.54. The molecule has 0 radical (unpaired) electrons. The maximum atomic E-state index is 13.9. The molecule has 0 amide bonds. The molecule has 0 bridgehead atoms. The number of carbonyl (C=O) groups is 1. The zero-order valence-electron chi connectivity index (χ0n) is 23.2. The molecule has 2 N–H and O–H groups in total. The summed E-state index contributed by atoms with van der Waals surface area (Å²) in [6.07, 6.45) is 3.09. The van der Waals surface area contributed by atoms with Crippen molar-refractivity contribution in [2.24, 2.45) is 0 Å². The summed E-state index contributed by atoms with van der Waals surface area (Å²) >= 11 is 0. The fourth-order valence-electron chi connectivity index (χ4n) is 5.26. The predicted octanol–water partition coefficient (Wildman–Crippen LogP) is 2.94. The van der Waals surface area contributed by atoms with Crippen LogP contribution >= 0.6 is 0 Å². The van der Waals surface area contributed by atoms with Crippen LogP contribution in [-0.2, 0) is 4.79 Å². The van der Waals surface area contributed by atoms with E-state index in [2.05, 4.69) is 49.2 Å². The van der Waals surface area contributed by atoms with Crippen LogP contribution in [0.2, 0.25) is 0 Å². The molecule has 1 aliphatic heterocycles. The number of benzene rings is 2. The molecule has 0 atom stereocenters. The Labute approximate surface area is 244 Å². The minimum atomic E-state index is -1.09. The minimum absolute atomic E-state index is 0.232. The van der Waals surface area contributed by atoms with Gasteiger partial charge in [-0.3, -0.25) is 4.79 Å². The molecule has 0 unspecified atom stereocenters. The van der Waals surface area contributed by atoms with Gasteiger partial charge < -0.3 is 25.0 Å². The number of hydrogen-bond acceptors (Lipinski definition) is 10. The number of aliphatic carboxylic acids is 1. The van der Waals surface area contributed by atoms with Crippen molar-refractivity contribution >= 4 is 50.9 Å². The molecule has 13 nitrogen and oxygen atoms in total. The van der Waals surface area contributed by atoms with E-state index in [1.165, 1.54) is 10.7 Å². The van der Waals surface area contributed by atoms with Gasteiger partial charge in [-0.25, -0.2) is 24.4 Å². The Morgan fingerprint density at radius 3 is 2.53 bits per heavy atom. The summed E-state index contributed by atoms with van der Waals surface area (Å²) in [6, 6.07) is 18.5. The Morgan fingerprint density at radius 2 is 1.79 bits per heavy atom. The van der Waals surface area contributed by atoms with Crippen molar-refractivity contribution in [3.8, 4) is 11.6 Å². The zero-order chi connectivity index (χ0) is 29.5. The summed E-state index contributed by atoms with van der Waals surface area (Å²) in [5, 5.41) is 13.1. The van der Waals surface area contributed by atoms with Gasteiger partial charge in [0.2, 0.25) is 5.95 Å². The first-order valence-electron chi connectivity index (χ1n) is 13.8. The molecule has 5 heterocycles. The van der Waals surface area contributed by atoms with E-state index in [1.54, 1.807) is 41.2 Å². The Bertz CT molecular complexity index is 2030. The molecule has 1 aliphatic rings. The number of fused-ring (bicyclic) bond motifs is 4. The summed E-state index contributed by atoms with van der Waals surface area (Å²) in [7, 11) is 2.14. The number of aromatic nitrogens is 6. The maximum Gasteiger partial charge on any atom is 0.341 e. The van der Waals surface area contributed by atoms with Gasteiger partial charge in [0, 0.05) is 61.4 Å². The Kier molecular flexibility index (Phi) is 6.55. The smallest absolute Gasteiger partial charge is 0.341 e. The molecule has 216 valence electrons. The number of rotatable bonds is 7. The summed E-state index contributed by atoms with van der Waals surface area (Å²) < 4.78 is 8.46. The van der Waals surface area contributed by atoms with Gasteiger partial charge >= 0.3 is 5.97 Å². The molecule has 2 aromatic carbocycles. The van der Waals surface area contributed by atoms with Gasteiger partial charge in [0.05, 0.1) is 5.52 Å². The zero-order valence-corrected chi connectivity index (χ0v) is 23.2. The van der Waals surface area contributed by atoms with E-state index in [9.17, 15) is 9.59 Å². The third kappa shape index (κ3) is 4.95. The number of hydrogen-bond donors (Lipinski definition) is 2. The van der Waals surface area contributed by atoms with Gasteiger partial charge in [-0.1, -0.05) is 6.07 Å². The number of piperazine rings is 1. The normalized spacial score (nSPS) is 14.0. The standard InChI is InChI=1S/C30H27N9O4/c1-36-12-14-37(15-13-36)20-7-5-19(6-8-20)33-30-32-17-23-27(35-30)34-28-22-10-9-21(43-18-26(40)41)16-24(22)38(39(28)29(23)42)25-4-2-3-11-31-25/h2-11,16-17H,12-15,18H2,1H3,(H,40,41)(H,32,33,35). The first kappa shape index (κ1) is 26.3. The average Bonchev–Trinajstić information content (AvgIpc) is 3.35. The van der Waals surface area contributed by atoms with Gasteiger partial charge in [-0.2, -0.15) is 9.50 Å². The Balaban J connectivity index is 1.28. The van der Waals surface area contributed by atoms with E-state index in [-0.39, 0.29) is 16.6 Å². The maximum absolute atomic E-state index is 13.9. The number of nitrogens with zero attached hydrogens (tertiary/aromatic N) is 8. The first-order chi connectivity index (χ1) is 20.9. The molecule has 0 saturated carbocycles. The molecule has 0 aliphatic carbocycles. The van der Waals surface area contributed by atoms with Gasteiger partial charge in [-0.15, -0.1) is 0 Å². The van der Waals surface area contributed by atoms with Crippen LogP contribution < -0.4 is 20.5 Å². The Morgan fingerprint density at radius 1 is 0.977 bits per heavy atom. The number of carboxylic acids is 1. The number of ether oxygens (including phenoxy) is 1. The lowest BCUT2D eigenvalue weighted by Gasteiger charge is -2.34. The van der Waals surface area contributed by atoms with Crippen molar-refractivity contribution in [1.29, 1.82) is 0 Å². The molecule has 1 fully saturated rings. The second kappa shape index (κ2) is 10.7. The first-order valence-corrected chi connectivity index (χ1v) is 13.8. The molecule has 13 heteroatoms. The fourth-order valence-corrected chi connectivity index (χ4v) is 5.26. The van der Waals surface area contributed by atoms with Crippen LogP contribution in [0.3, 0.4) is 0 Å². The fraction of sp³-hybridized carbons (Fsp3) is 0.200. The van der Waals surface area contributed by atoms with Gasteiger partial charge in [-0.05, 0) is 55.6 Å². The molecule has 43 heavy (non-hydrogen) atoms. The molecule has 4 aromatic heterocycles. The molecule has 6 aromatic rings. The van der Waals surface area contributed by atoms with Crippen LogP contribution in [0.4, 0.5) is 17.3 Å². The van der Waals surface area contributed by atoms with Crippen LogP contribution in [0.25, 0.3) is 33.4 Å². The lowest BCUT2D eigenvalue weighted by atomic mass is 10.2. The highest BCUT2D eigenvalue weighted by Gasteiger charge is 2.20. The molecule has 0 spiro atoms. The number of likely N-dealkylation sites (N-methyl/N-ethyl adjacent to an activating group) is 1. The Hall–Kier alpha value is -5.56. The molecule has 7 rings (SSSR count). The third-order valence-corrected chi connectivity index (χ3v) is 7.46. The van der Waals surface area contributed by atoms with Crippen LogP contribution in [0.15, 0.2) is 77.9 Å². The lowest BCUT2D eigenvalue weighted by Crippen LogP contribution is -2.44. The second-order valence-electron chi connectivity index (χ2n) is 10.3. The van der Waals surface area contributed by atoms with E-state index < -0.39 is 12.6 Å². The lowest BCUT2D eigenvalue weighted by molar-refractivity contribution is -0.139. The van der Waals surface area contributed by atoms with Gasteiger partial charge in [0.25, 0.3) is 5.56 Å².